The Morgan fingerprint density at radius 3 is 2.69 bits per heavy atom. The number of nitrogens with zero attached hydrogens (tertiary/aromatic N) is 2. The first-order valence-electron chi connectivity index (χ1n) is 8.37. The lowest BCUT2D eigenvalue weighted by Gasteiger charge is -2.17. The highest BCUT2D eigenvalue weighted by Crippen LogP contribution is 2.18. The van der Waals surface area contributed by atoms with Crippen molar-refractivity contribution in [1.29, 1.82) is 0 Å². The summed E-state index contributed by atoms with van der Waals surface area (Å²) in [4.78, 5) is 32.9. The highest BCUT2D eigenvalue weighted by Gasteiger charge is 2.13. The van der Waals surface area contributed by atoms with Crippen LogP contribution < -0.4 is 10.3 Å². The number of benzene rings is 1. The summed E-state index contributed by atoms with van der Waals surface area (Å²) in [5.74, 6) is 1.37. The van der Waals surface area contributed by atoms with Crippen molar-refractivity contribution in [3.63, 3.8) is 0 Å². The van der Waals surface area contributed by atoms with Gasteiger partial charge in [-0.3, -0.25) is 9.59 Å². The van der Waals surface area contributed by atoms with Crippen LogP contribution in [0.5, 0.6) is 5.75 Å². The highest BCUT2D eigenvalue weighted by molar-refractivity contribution is 7.17. The molecule has 0 radical (unpaired) electrons. The van der Waals surface area contributed by atoms with E-state index < -0.39 is 0 Å². The Morgan fingerprint density at radius 2 is 2.00 bits per heavy atom. The van der Waals surface area contributed by atoms with Crippen LogP contribution in [0, 0.1) is 0 Å². The van der Waals surface area contributed by atoms with E-state index in [2.05, 4.69) is 23.8 Å². The zero-order chi connectivity index (χ0) is 18.7. The monoisotopic (exact) mass is 371 g/mol. The van der Waals surface area contributed by atoms with Gasteiger partial charge in [-0.05, 0) is 35.1 Å². The first kappa shape index (κ1) is 18.1. The van der Waals surface area contributed by atoms with Crippen molar-refractivity contribution in [3.05, 3.63) is 57.5 Å². The summed E-state index contributed by atoms with van der Waals surface area (Å²) < 4.78 is 6.15. The molecule has 2 heterocycles. The fourth-order valence-electron chi connectivity index (χ4n) is 2.51. The molecule has 0 unspecified atom stereocenters. The number of aromatic amines is 1. The zero-order valence-corrected chi connectivity index (χ0v) is 15.8. The van der Waals surface area contributed by atoms with E-state index in [0.29, 0.717) is 27.7 Å². The first-order valence-corrected chi connectivity index (χ1v) is 9.25. The minimum atomic E-state index is -0.189. The van der Waals surface area contributed by atoms with Crippen LogP contribution in [0.15, 0.2) is 40.5 Å². The summed E-state index contributed by atoms with van der Waals surface area (Å²) in [6.45, 7) is 4.40. The zero-order valence-electron chi connectivity index (χ0n) is 15.0. The second-order valence-corrected chi connectivity index (χ2v) is 7.33. The van der Waals surface area contributed by atoms with Gasteiger partial charge < -0.3 is 14.6 Å². The van der Waals surface area contributed by atoms with Gasteiger partial charge >= 0.3 is 0 Å². The summed E-state index contributed by atoms with van der Waals surface area (Å²) in [5.41, 5.74) is 1.69. The molecule has 136 valence electrons. The normalized spacial score (nSPS) is 11.1. The van der Waals surface area contributed by atoms with Gasteiger partial charge in [-0.1, -0.05) is 26.0 Å². The Bertz CT molecular complexity index is 960. The van der Waals surface area contributed by atoms with Crippen molar-refractivity contribution in [2.24, 2.45) is 0 Å². The molecule has 0 spiro atoms. The number of fused-ring (bicyclic) bond motifs is 1. The fourth-order valence-corrected chi connectivity index (χ4v) is 3.24. The third kappa shape index (κ3) is 4.11. The van der Waals surface area contributed by atoms with Crippen LogP contribution in [0.25, 0.3) is 10.2 Å². The molecule has 26 heavy (non-hydrogen) atoms. The topological polar surface area (TPSA) is 75.3 Å². The van der Waals surface area contributed by atoms with Gasteiger partial charge in [0, 0.05) is 7.05 Å². The molecule has 0 fully saturated rings. The number of ether oxygens (including phenoxy) is 1. The molecule has 0 atom stereocenters. The molecule has 0 saturated heterocycles. The quantitative estimate of drug-likeness (QED) is 0.722. The molecule has 0 bridgehead atoms. The van der Waals surface area contributed by atoms with Crippen molar-refractivity contribution in [2.75, 3.05) is 13.7 Å². The molecule has 0 aliphatic carbocycles. The van der Waals surface area contributed by atoms with Crippen molar-refractivity contribution in [3.8, 4) is 5.75 Å². The lowest BCUT2D eigenvalue weighted by Crippen LogP contribution is -2.32. The molecule has 3 rings (SSSR count). The van der Waals surface area contributed by atoms with Crippen LogP contribution in [0.3, 0.4) is 0 Å². The highest BCUT2D eigenvalue weighted by atomic mass is 32.1. The molecule has 1 N–H and O–H groups in total. The van der Waals surface area contributed by atoms with E-state index in [-0.39, 0.29) is 24.6 Å². The number of carbonyl (C=O) groups is 1. The number of thiophene rings is 1. The van der Waals surface area contributed by atoms with E-state index in [1.807, 2.05) is 29.6 Å². The van der Waals surface area contributed by atoms with E-state index in [4.69, 9.17) is 4.74 Å². The molecule has 3 aromatic rings. The van der Waals surface area contributed by atoms with Crippen LogP contribution in [-0.4, -0.2) is 34.4 Å². The minimum Gasteiger partial charge on any atom is -0.484 e. The number of nitrogens with one attached hydrogen (secondary N) is 1. The van der Waals surface area contributed by atoms with E-state index in [9.17, 15) is 9.59 Å². The molecular weight excluding hydrogens is 350 g/mol. The molecule has 1 amide bonds. The Kier molecular flexibility index (Phi) is 5.37. The summed E-state index contributed by atoms with van der Waals surface area (Å²) >= 11 is 1.35. The predicted octanol–water partition coefficient (Wildman–Crippen LogP) is 3.15. The van der Waals surface area contributed by atoms with Crippen LogP contribution in [-0.2, 0) is 11.3 Å². The maximum Gasteiger partial charge on any atom is 0.268 e. The lowest BCUT2D eigenvalue weighted by molar-refractivity contribution is -0.132. The number of amides is 1. The van der Waals surface area contributed by atoms with Crippen LogP contribution in [0.4, 0.5) is 0 Å². The van der Waals surface area contributed by atoms with Gasteiger partial charge in [-0.25, -0.2) is 4.98 Å². The van der Waals surface area contributed by atoms with Crippen LogP contribution in [0.1, 0.15) is 31.2 Å². The van der Waals surface area contributed by atoms with Gasteiger partial charge in [0.1, 0.15) is 16.3 Å². The lowest BCUT2D eigenvalue weighted by atomic mass is 10.0. The molecule has 2 aromatic heterocycles. The SMILES string of the molecule is CC(C)c1ccc(OCC(=O)N(C)Cc2nc3ccsc3c(=O)[nH]2)cc1. The van der Waals surface area contributed by atoms with Gasteiger partial charge in [0.05, 0.1) is 12.1 Å². The molecule has 6 nitrogen and oxygen atoms in total. The third-order valence-electron chi connectivity index (χ3n) is 4.09. The smallest absolute Gasteiger partial charge is 0.268 e. The van der Waals surface area contributed by atoms with E-state index >= 15 is 0 Å². The Labute approximate surface area is 155 Å². The van der Waals surface area contributed by atoms with Gasteiger partial charge in [-0.15, -0.1) is 11.3 Å². The third-order valence-corrected chi connectivity index (χ3v) is 4.99. The Morgan fingerprint density at radius 1 is 1.27 bits per heavy atom. The van der Waals surface area contributed by atoms with Gasteiger partial charge in [0.15, 0.2) is 6.61 Å². The van der Waals surface area contributed by atoms with E-state index in [1.165, 1.54) is 21.8 Å². The molecule has 1 aromatic carbocycles. The van der Waals surface area contributed by atoms with Crippen molar-refractivity contribution in [1.82, 2.24) is 14.9 Å². The van der Waals surface area contributed by atoms with Gasteiger partial charge in [0.25, 0.3) is 11.5 Å². The Hall–Kier alpha value is -2.67. The number of likely N-dealkylation sites (N-methyl/N-ethyl adjacent to an activating group) is 1. The summed E-state index contributed by atoms with van der Waals surface area (Å²) in [6.07, 6.45) is 0. The molecule has 7 heteroatoms. The average Bonchev–Trinajstić information content (AvgIpc) is 3.09. The van der Waals surface area contributed by atoms with Crippen molar-refractivity contribution < 1.29 is 9.53 Å². The first-order chi connectivity index (χ1) is 12.4. The van der Waals surface area contributed by atoms with Crippen molar-refractivity contribution in [2.45, 2.75) is 26.3 Å². The number of aromatic nitrogens is 2. The molecule has 0 aliphatic rings. The molecule has 0 saturated carbocycles. The van der Waals surface area contributed by atoms with Crippen LogP contribution >= 0.6 is 11.3 Å². The number of hydrogen-bond acceptors (Lipinski definition) is 5. The van der Waals surface area contributed by atoms with Crippen LogP contribution in [0.2, 0.25) is 0 Å². The average molecular weight is 371 g/mol. The Balaban J connectivity index is 1.59. The fraction of sp³-hybridized carbons (Fsp3) is 0.316. The van der Waals surface area contributed by atoms with Gasteiger partial charge in [-0.2, -0.15) is 0 Å². The van der Waals surface area contributed by atoms with Crippen molar-refractivity contribution >= 4 is 27.5 Å². The summed E-state index contributed by atoms with van der Waals surface area (Å²) in [6, 6.07) is 9.53. The number of carbonyl (C=O) groups excluding carboxylic acids is 1. The standard InChI is InChI=1S/C19H21N3O3S/c1-12(2)13-4-6-14(7-5-13)25-11-17(23)22(3)10-16-20-15-8-9-26-18(15)19(24)21-16/h4-9,12H,10-11H2,1-3H3,(H,20,21,24). The largest absolute Gasteiger partial charge is 0.484 e. The van der Waals surface area contributed by atoms with E-state index in [1.54, 1.807) is 13.1 Å². The minimum absolute atomic E-state index is 0.0670. The molecule has 0 aliphatic heterocycles. The number of hydrogen-bond donors (Lipinski definition) is 1. The maximum absolute atomic E-state index is 12.3. The summed E-state index contributed by atoms with van der Waals surface area (Å²) in [5, 5.41) is 1.82. The van der Waals surface area contributed by atoms with E-state index in [0.717, 1.165) is 0 Å². The van der Waals surface area contributed by atoms with Gasteiger partial charge in [0.2, 0.25) is 0 Å². The predicted molar refractivity (Wildman–Crippen MR) is 103 cm³/mol. The second kappa shape index (κ2) is 7.70. The number of rotatable bonds is 6. The maximum atomic E-state index is 12.3. The number of H-pyrrole nitrogens is 1. The summed E-state index contributed by atoms with van der Waals surface area (Å²) in [7, 11) is 1.66. The molecular formula is C19H21N3O3S. The second-order valence-electron chi connectivity index (χ2n) is 6.41.